The van der Waals surface area contributed by atoms with Gasteiger partial charge in [-0.15, -0.1) is 0 Å². The fourth-order valence-corrected chi connectivity index (χ4v) is 1.28. The lowest BCUT2D eigenvalue weighted by Gasteiger charge is -2.09. The van der Waals surface area contributed by atoms with Gasteiger partial charge in [-0.1, -0.05) is 18.7 Å². The molecule has 1 N–H and O–H groups in total. The normalized spacial score (nSPS) is 9.81. The highest BCUT2D eigenvalue weighted by Crippen LogP contribution is 2.21. The van der Waals surface area contributed by atoms with Crippen LogP contribution in [0.5, 0.6) is 5.75 Å². The van der Waals surface area contributed by atoms with E-state index >= 15 is 0 Å². The molecular formula is C12H13FO3. The molecule has 0 bridgehead atoms. The average Bonchev–Trinajstić information content (AvgIpc) is 2.27. The van der Waals surface area contributed by atoms with E-state index in [9.17, 15) is 9.18 Å². The summed E-state index contributed by atoms with van der Waals surface area (Å²) in [6, 6.07) is 4.41. The number of hydrogen-bond acceptors (Lipinski definition) is 2. The average molecular weight is 224 g/mol. The van der Waals surface area contributed by atoms with E-state index in [4.69, 9.17) is 9.84 Å². The van der Waals surface area contributed by atoms with Crippen molar-refractivity contribution < 1.29 is 19.0 Å². The molecular weight excluding hydrogens is 211 g/mol. The topological polar surface area (TPSA) is 46.5 Å². The first-order chi connectivity index (χ1) is 7.69. The number of carbonyl (C=O) groups is 1. The first-order valence-electron chi connectivity index (χ1n) is 4.85. The van der Waals surface area contributed by atoms with Gasteiger partial charge in [-0.3, -0.25) is 4.39 Å². The molecule has 0 amide bonds. The molecule has 0 aromatic heterocycles. The summed E-state index contributed by atoms with van der Waals surface area (Å²) in [6.45, 7) is 3.26. The van der Waals surface area contributed by atoms with Gasteiger partial charge in [-0.25, -0.2) is 4.79 Å². The molecule has 3 nitrogen and oxygen atoms in total. The molecule has 0 atom stereocenters. The summed E-state index contributed by atoms with van der Waals surface area (Å²) < 4.78 is 17.5. The summed E-state index contributed by atoms with van der Waals surface area (Å²) in [7, 11) is 0. The molecule has 0 saturated carbocycles. The van der Waals surface area contributed by atoms with Gasteiger partial charge >= 0.3 is 5.97 Å². The summed E-state index contributed by atoms with van der Waals surface area (Å²) in [4.78, 5) is 10.7. The smallest absolute Gasteiger partial charge is 0.335 e. The Balaban J connectivity index is 2.99. The van der Waals surface area contributed by atoms with Crippen molar-refractivity contribution >= 4 is 5.97 Å². The van der Waals surface area contributed by atoms with Gasteiger partial charge in [0.2, 0.25) is 0 Å². The van der Waals surface area contributed by atoms with Gasteiger partial charge in [0.1, 0.15) is 12.4 Å². The van der Waals surface area contributed by atoms with Crippen LogP contribution in [-0.4, -0.2) is 24.4 Å². The van der Waals surface area contributed by atoms with Gasteiger partial charge < -0.3 is 9.84 Å². The summed E-state index contributed by atoms with van der Waals surface area (Å²) in [5, 5.41) is 8.81. The molecule has 0 unspecified atom stereocenters. The molecule has 1 aromatic rings. The highest BCUT2D eigenvalue weighted by molar-refractivity contribution is 5.88. The van der Waals surface area contributed by atoms with E-state index in [1.54, 1.807) is 12.1 Å². The fraction of sp³-hybridized carbons (Fsp3) is 0.250. The van der Waals surface area contributed by atoms with E-state index in [0.717, 1.165) is 0 Å². The quantitative estimate of drug-likeness (QED) is 0.755. The van der Waals surface area contributed by atoms with E-state index in [1.165, 1.54) is 12.1 Å². The predicted molar refractivity (Wildman–Crippen MR) is 58.8 cm³/mol. The zero-order valence-corrected chi connectivity index (χ0v) is 8.78. The Morgan fingerprint density at radius 2 is 2.31 bits per heavy atom. The zero-order chi connectivity index (χ0) is 12.0. The molecule has 0 saturated heterocycles. The highest BCUT2D eigenvalue weighted by atomic mass is 19.1. The van der Waals surface area contributed by atoms with E-state index in [-0.39, 0.29) is 18.6 Å². The monoisotopic (exact) mass is 224 g/mol. The SMILES string of the molecule is C=CCOc1cc(C(=O)O)ccc1CCF. The Labute approximate surface area is 93.2 Å². The highest BCUT2D eigenvalue weighted by Gasteiger charge is 2.09. The molecule has 1 rings (SSSR count). The third kappa shape index (κ3) is 3.08. The van der Waals surface area contributed by atoms with Crippen LogP contribution in [0.15, 0.2) is 30.9 Å². The molecule has 0 aliphatic carbocycles. The summed E-state index contributed by atoms with van der Waals surface area (Å²) in [5.74, 6) is -0.632. The molecule has 0 fully saturated rings. The molecule has 0 radical (unpaired) electrons. The lowest BCUT2D eigenvalue weighted by atomic mass is 10.1. The standard InChI is InChI=1S/C12H13FO3/c1-2-7-16-11-8-10(12(14)15)4-3-9(11)5-6-13/h2-4,8H,1,5-7H2,(H,14,15). The minimum Gasteiger partial charge on any atom is -0.489 e. The molecule has 86 valence electrons. The summed E-state index contributed by atoms with van der Waals surface area (Å²) >= 11 is 0. The van der Waals surface area contributed by atoms with Crippen molar-refractivity contribution in [3.8, 4) is 5.75 Å². The molecule has 0 aliphatic heterocycles. The second kappa shape index (κ2) is 5.90. The van der Waals surface area contributed by atoms with Crippen LogP contribution in [0.2, 0.25) is 0 Å². The van der Waals surface area contributed by atoms with Gasteiger partial charge in [-0.2, -0.15) is 0 Å². The lowest BCUT2D eigenvalue weighted by Crippen LogP contribution is -2.02. The van der Waals surface area contributed by atoms with Crippen LogP contribution in [0.1, 0.15) is 15.9 Å². The van der Waals surface area contributed by atoms with Crippen LogP contribution in [-0.2, 0) is 6.42 Å². The van der Waals surface area contributed by atoms with Crippen molar-refractivity contribution in [3.05, 3.63) is 42.0 Å². The number of aryl methyl sites for hydroxylation is 1. The van der Waals surface area contributed by atoms with Gasteiger partial charge in [0, 0.05) is 6.42 Å². The van der Waals surface area contributed by atoms with Gasteiger partial charge in [0.15, 0.2) is 0 Å². The molecule has 16 heavy (non-hydrogen) atoms. The number of carboxylic acid groups (broad SMARTS) is 1. The maximum absolute atomic E-state index is 12.2. The van der Waals surface area contributed by atoms with Crippen LogP contribution < -0.4 is 4.74 Å². The Kier molecular flexibility index (Phi) is 4.51. The van der Waals surface area contributed by atoms with Gasteiger partial charge in [-0.05, 0) is 17.7 Å². The number of halogens is 1. The molecule has 0 spiro atoms. The number of ether oxygens (including phenoxy) is 1. The largest absolute Gasteiger partial charge is 0.489 e. The molecule has 4 heteroatoms. The Morgan fingerprint density at radius 1 is 1.56 bits per heavy atom. The van der Waals surface area contributed by atoms with Crippen molar-refractivity contribution in [1.29, 1.82) is 0 Å². The summed E-state index contributed by atoms with van der Waals surface area (Å²) in [6.07, 6.45) is 1.76. The van der Waals surface area contributed by atoms with Crippen LogP contribution in [0.3, 0.4) is 0 Å². The van der Waals surface area contributed by atoms with E-state index < -0.39 is 12.6 Å². The maximum Gasteiger partial charge on any atom is 0.335 e. The number of rotatable bonds is 6. The fourth-order valence-electron chi connectivity index (χ4n) is 1.28. The third-order valence-corrected chi connectivity index (χ3v) is 2.03. The second-order valence-corrected chi connectivity index (χ2v) is 3.17. The van der Waals surface area contributed by atoms with Crippen molar-refractivity contribution in [2.45, 2.75) is 6.42 Å². The maximum atomic E-state index is 12.2. The number of alkyl halides is 1. The third-order valence-electron chi connectivity index (χ3n) is 2.03. The van der Waals surface area contributed by atoms with Gasteiger partial charge in [0.05, 0.1) is 12.2 Å². The number of aromatic carboxylic acids is 1. The van der Waals surface area contributed by atoms with Crippen LogP contribution in [0.25, 0.3) is 0 Å². The van der Waals surface area contributed by atoms with E-state index in [0.29, 0.717) is 11.3 Å². The van der Waals surface area contributed by atoms with Crippen LogP contribution >= 0.6 is 0 Å². The Morgan fingerprint density at radius 3 is 2.88 bits per heavy atom. The molecule has 1 aromatic carbocycles. The Bertz CT molecular complexity index is 388. The van der Waals surface area contributed by atoms with Gasteiger partial charge in [0.25, 0.3) is 0 Å². The second-order valence-electron chi connectivity index (χ2n) is 3.17. The first-order valence-corrected chi connectivity index (χ1v) is 4.85. The van der Waals surface area contributed by atoms with Crippen molar-refractivity contribution in [1.82, 2.24) is 0 Å². The van der Waals surface area contributed by atoms with E-state index in [1.807, 2.05) is 0 Å². The van der Waals surface area contributed by atoms with Crippen molar-refractivity contribution in [2.24, 2.45) is 0 Å². The van der Waals surface area contributed by atoms with Crippen LogP contribution in [0.4, 0.5) is 4.39 Å². The van der Waals surface area contributed by atoms with Crippen molar-refractivity contribution in [3.63, 3.8) is 0 Å². The number of carboxylic acids is 1. The summed E-state index contributed by atoms with van der Waals surface area (Å²) in [5.41, 5.74) is 0.788. The Hall–Kier alpha value is -1.84. The minimum atomic E-state index is -1.03. The predicted octanol–water partition coefficient (Wildman–Crippen LogP) is 2.46. The van der Waals surface area contributed by atoms with E-state index in [2.05, 4.69) is 6.58 Å². The van der Waals surface area contributed by atoms with Crippen molar-refractivity contribution in [2.75, 3.05) is 13.3 Å². The molecule has 0 heterocycles. The minimum absolute atomic E-state index is 0.127. The van der Waals surface area contributed by atoms with Crippen LogP contribution in [0, 0.1) is 0 Å². The number of hydrogen-bond donors (Lipinski definition) is 1. The lowest BCUT2D eigenvalue weighted by molar-refractivity contribution is 0.0696. The number of benzene rings is 1. The zero-order valence-electron chi connectivity index (χ0n) is 8.78. The molecule has 0 aliphatic rings. The first kappa shape index (κ1) is 12.2.